The van der Waals surface area contributed by atoms with Crippen LogP contribution in [0.1, 0.15) is 20.8 Å². The van der Waals surface area contributed by atoms with Crippen LogP contribution in [-0.4, -0.2) is 54.1 Å². The molecule has 0 saturated carbocycles. The Morgan fingerprint density at radius 2 is 1.69 bits per heavy atom. The Balaban J connectivity index is 0.00000225. The average Bonchev–Trinajstić information content (AvgIpc) is 2.15. The van der Waals surface area contributed by atoms with Gasteiger partial charge in [0, 0.05) is 58.9 Å². The van der Waals surface area contributed by atoms with E-state index in [2.05, 4.69) is 0 Å². The van der Waals surface area contributed by atoms with Crippen molar-refractivity contribution in [2.75, 3.05) is 26.2 Å². The minimum Gasteiger partial charge on any atom is -0.520 e. The van der Waals surface area contributed by atoms with E-state index in [9.17, 15) is 9.59 Å². The van der Waals surface area contributed by atoms with Gasteiger partial charge in [0.1, 0.15) is 5.60 Å². The van der Waals surface area contributed by atoms with Crippen LogP contribution in [0.3, 0.4) is 0 Å². The van der Waals surface area contributed by atoms with Crippen molar-refractivity contribution < 1.29 is 47.0 Å². The summed E-state index contributed by atoms with van der Waals surface area (Å²) < 4.78 is 5.22. The van der Waals surface area contributed by atoms with E-state index in [0.717, 1.165) is 0 Å². The van der Waals surface area contributed by atoms with Gasteiger partial charge >= 0.3 is 6.09 Å². The molecule has 6 heteroatoms. The maximum atomic E-state index is 11.6. The Hall–Kier alpha value is -0.156. The van der Waals surface area contributed by atoms with Crippen LogP contribution >= 0.6 is 0 Å². The Morgan fingerprint density at radius 1 is 1.19 bits per heavy atom. The topological polar surface area (TPSA) is 49.9 Å². The van der Waals surface area contributed by atoms with Crippen LogP contribution in [0, 0.1) is 0 Å². The fourth-order valence-corrected chi connectivity index (χ4v) is 1.31. The zero-order chi connectivity index (χ0) is 11.5. The second-order valence-electron chi connectivity index (χ2n) is 4.55. The molecule has 1 rings (SSSR count). The number of carbonyl (C=O) groups excluding carboxylic acids is 2. The first-order valence-corrected chi connectivity index (χ1v) is 5.03. The smallest absolute Gasteiger partial charge is 0.410 e. The summed E-state index contributed by atoms with van der Waals surface area (Å²) in [5.74, 6) is 0. The Morgan fingerprint density at radius 3 is 2.06 bits per heavy atom. The Kier molecular flexibility index (Phi) is 6.48. The number of piperazine rings is 1. The van der Waals surface area contributed by atoms with Crippen LogP contribution < -0.4 is 0 Å². The van der Waals surface area contributed by atoms with Crippen molar-refractivity contribution in [2.45, 2.75) is 26.4 Å². The van der Waals surface area contributed by atoms with Gasteiger partial charge in [0.25, 0.3) is 0 Å². The SMILES string of the molecule is CC(C)(C)OC(=O)N1CCN([C-]=O)CC1.[Y]. The number of nitrogens with zero attached hydrogens (tertiary/aromatic N) is 2. The van der Waals surface area contributed by atoms with Crippen molar-refractivity contribution >= 4 is 12.5 Å². The van der Waals surface area contributed by atoms with Gasteiger partial charge in [0.2, 0.25) is 0 Å². The van der Waals surface area contributed by atoms with Crippen LogP contribution in [0.25, 0.3) is 0 Å². The van der Waals surface area contributed by atoms with Crippen molar-refractivity contribution in [3.63, 3.8) is 0 Å². The van der Waals surface area contributed by atoms with E-state index in [-0.39, 0.29) is 38.8 Å². The number of ether oxygens (including phenoxy) is 1. The normalized spacial score (nSPS) is 16.4. The molecule has 2 amide bonds. The zero-order valence-corrected chi connectivity index (χ0v) is 12.9. The maximum absolute atomic E-state index is 11.6. The molecule has 16 heavy (non-hydrogen) atoms. The number of amides is 2. The maximum Gasteiger partial charge on any atom is 0.410 e. The summed E-state index contributed by atoms with van der Waals surface area (Å²) in [4.78, 5) is 25.1. The molecule has 1 heterocycles. The second kappa shape index (κ2) is 6.55. The van der Waals surface area contributed by atoms with Crippen molar-refractivity contribution in [3.05, 3.63) is 0 Å². The van der Waals surface area contributed by atoms with Gasteiger partial charge in [-0.15, -0.1) is 0 Å². The Labute approximate surface area is 121 Å². The quantitative estimate of drug-likeness (QED) is 0.667. The molecule has 89 valence electrons. The fourth-order valence-electron chi connectivity index (χ4n) is 1.31. The third kappa shape index (κ3) is 5.26. The van der Waals surface area contributed by atoms with Crippen LogP contribution in [0.2, 0.25) is 0 Å². The van der Waals surface area contributed by atoms with Crippen molar-refractivity contribution in [1.82, 2.24) is 9.80 Å². The van der Waals surface area contributed by atoms with Gasteiger partial charge in [-0.1, -0.05) is 0 Å². The molecule has 0 aromatic rings. The first kappa shape index (κ1) is 15.8. The molecule has 1 fully saturated rings. The molecule has 0 N–H and O–H groups in total. The van der Waals surface area contributed by atoms with E-state index in [1.54, 1.807) is 4.90 Å². The van der Waals surface area contributed by atoms with Gasteiger partial charge in [0.05, 0.1) is 0 Å². The predicted molar refractivity (Wildman–Crippen MR) is 55.1 cm³/mol. The van der Waals surface area contributed by atoms with E-state index in [0.29, 0.717) is 26.2 Å². The van der Waals surface area contributed by atoms with Crippen LogP contribution in [0.15, 0.2) is 0 Å². The van der Waals surface area contributed by atoms with Crippen LogP contribution in [0.4, 0.5) is 4.79 Å². The summed E-state index contributed by atoms with van der Waals surface area (Å²) in [5.41, 5.74) is -0.467. The van der Waals surface area contributed by atoms with E-state index in [4.69, 9.17) is 4.74 Å². The number of hydrogen-bond acceptors (Lipinski definition) is 3. The van der Waals surface area contributed by atoms with E-state index in [1.807, 2.05) is 27.2 Å². The summed E-state index contributed by atoms with van der Waals surface area (Å²) >= 11 is 0. The molecule has 1 saturated heterocycles. The first-order chi connectivity index (χ1) is 6.92. The molecule has 0 aromatic carbocycles. The molecule has 0 aliphatic carbocycles. The summed E-state index contributed by atoms with van der Waals surface area (Å²) in [6, 6.07) is 0. The van der Waals surface area contributed by atoms with Gasteiger partial charge < -0.3 is 19.3 Å². The molecule has 1 aliphatic heterocycles. The first-order valence-electron chi connectivity index (χ1n) is 5.03. The standard InChI is InChI=1S/C10H17N2O3.Y/c1-10(2,3)15-9(14)12-6-4-11(8-13)5-7-12;/h4-7H2,1-3H3;/q-1;. The van der Waals surface area contributed by atoms with Crippen molar-refractivity contribution in [3.8, 4) is 0 Å². The van der Waals surface area contributed by atoms with Crippen molar-refractivity contribution in [1.29, 1.82) is 0 Å². The number of carbonyl (C=O) groups is 1. The predicted octanol–water partition coefficient (Wildman–Crippen LogP) is 0.604. The van der Waals surface area contributed by atoms with E-state index in [1.165, 1.54) is 4.90 Å². The van der Waals surface area contributed by atoms with Gasteiger partial charge in [-0.2, -0.15) is 6.41 Å². The van der Waals surface area contributed by atoms with E-state index >= 15 is 0 Å². The summed E-state index contributed by atoms with van der Waals surface area (Å²) in [7, 11) is 0. The number of rotatable bonds is 1. The van der Waals surface area contributed by atoms with Gasteiger partial charge in [-0.25, -0.2) is 4.79 Å². The van der Waals surface area contributed by atoms with Crippen LogP contribution in [-0.2, 0) is 42.2 Å². The average molecular weight is 302 g/mol. The minimum absolute atomic E-state index is 0. The van der Waals surface area contributed by atoms with E-state index < -0.39 is 5.60 Å². The molecular formula is C10H17N2O3Y-. The molecule has 0 atom stereocenters. The Bertz CT molecular complexity index is 245. The summed E-state index contributed by atoms with van der Waals surface area (Å²) in [5, 5.41) is 0. The number of hydrogen-bond donors (Lipinski definition) is 0. The van der Waals surface area contributed by atoms with Crippen LogP contribution in [0.5, 0.6) is 0 Å². The molecule has 1 aliphatic rings. The van der Waals surface area contributed by atoms with Gasteiger partial charge in [0.15, 0.2) is 0 Å². The van der Waals surface area contributed by atoms with Crippen molar-refractivity contribution in [2.24, 2.45) is 0 Å². The summed E-state index contributed by atoms with van der Waals surface area (Å²) in [6.07, 6.45) is 1.50. The zero-order valence-electron chi connectivity index (χ0n) is 10.0. The minimum atomic E-state index is -0.467. The molecule has 0 bridgehead atoms. The molecule has 0 unspecified atom stereocenters. The summed E-state index contributed by atoms with van der Waals surface area (Å²) in [6.45, 7) is 7.60. The molecule has 1 radical (unpaired) electrons. The monoisotopic (exact) mass is 302 g/mol. The third-order valence-corrected chi connectivity index (χ3v) is 2.06. The largest absolute Gasteiger partial charge is 0.520 e. The molecule has 0 aromatic heterocycles. The molecule has 0 spiro atoms. The van der Waals surface area contributed by atoms with Gasteiger partial charge in [-0.3, -0.25) is 0 Å². The molecule has 5 nitrogen and oxygen atoms in total. The fraction of sp³-hybridized carbons (Fsp3) is 0.800. The van der Waals surface area contributed by atoms with Gasteiger partial charge in [-0.05, 0) is 20.8 Å². The second-order valence-corrected chi connectivity index (χ2v) is 4.55. The third-order valence-electron chi connectivity index (χ3n) is 2.06. The molecular weight excluding hydrogens is 285 g/mol.